The van der Waals surface area contributed by atoms with E-state index in [-0.39, 0.29) is 29.8 Å². The minimum Gasteiger partial charge on any atom is -0.368 e. The van der Waals surface area contributed by atoms with Crippen molar-refractivity contribution >= 4 is 27.5 Å². The lowest BCUT2D eigenvalue weighted by atomic mass is 9.96. The first-order valence-corrected chi connectivity index (χ1v) is 10.9. The second-order valence-corrected chi connectivity index (χ2v) is 9.56. The monoisotopic (exact) mass is 413 g/mol. The van der Waals surface area contributed by atoms with E-state index in [1.54, 1.807) is 17.0 Å². The molecule has 2 N–H and O–H groups in total. The van der Waals surface area contributed by atoms with E-state index in [9.17, 15) is 18.0 Å². The number of nitrogens with two attached hydrogens (primary N) is 1. The quantitative estimate of drug-likeness (QED) is 0.826. The molecule has 0 saturated heterocycles. The molecule has 2 amide bonds. The molecule has 1 unspecified atom stereocenters. The first-order valence-electron chi connectivity index (χ1n) is 9.51. The Kier molecular flexibility index (Phi) is 4.71. The van der Waals surface area contributed by atoms with E-state index in [0.717, 1.165) is 22.4 Å². The van der Waals surface area contributed by atoms with Gasteiger partial charge in [0.1, 0.15) is 6.04 Å². The molecule has 8 heteroatoms. The SMILES string of the molecule is CC(=O)N1c2ccc(S(=O)(=O)N3Cc4ccccc4C[C@H]3C(N)=O)cc2CC1C. The average molecular weight is 413 g/mol. The van der Waals surface area contributed by atoms with Gasteiger partial charge in [-0.05, 0) is 54.7 Å². The molecule has 0 fully saturated rings. The molecule has 2 aliphatic rings. The van der Waals surface area contributed by atoms with Crippen molar-refractivity contribution in [2.45, 2.75) is 50.2 Å². The molecule has 0 aliphatic carbocycles. The molecule has 7 nitrogen and oxygen atoms in total. The third-order valence-corrected chi connectivity index (χ3v) is 7.60. The first kappa shape index (κ1) is 19.6. The molecule has 2 atom stereocenters. The second-order valence-electron chi connectivity index (χ2n) is 7.67. The summed E-state index contributed by atoms with van der Waals surface area (Å²) >= 11 is 0. The van der Waals surface area contributed by atoms with Crippen LogP contribution in [0.25, 0.3) is 0 Å². The summed E-state index contributed by atoms with van der Waals surface area (Å²) in [5.74, 6) is -0.742. The maximum atomic E-state index is 13.4. The fourth-order valence-electron chi connectivity index (χ4n) is 4.38. The zero-order valence-corrected chi connectivity index (χ0v) is 17.1. The van der Waals surface area contributed by atoms with Crippen LogP contribution in [0.1, 0.15) is 30.5 Å². The predicted octanol–water partition coefficient (Wildman–Crippen LogP) is 1.58. The topological polar surface area (TPSA) is 101 Å². The van der Waals surface area contributed by atoms with E-state index < -0.39 is 22.0 Å². The van der Waals surface area contributed by atoms with E-state index in [1.807, 2.05) is 31.2 Å². The van der Waals surface area contributed by atoms with Crippen molar-refractivity contribution in [2.24, 2.45) is 5.73 Å². The lowest BCUT2D eigenvalue weighted by Crippen LogP contribution is -2.51. The number of anilines is 1. The van der Waals surface area contributed by atoms with Crippen molar-refractivity contribution < 1.29 is 18.0 Å². The van der Waals surface area contributed by atoms with Crippen LogP contribution in [0.15, 0.2) is 47.4 Å². The van der Waals surface area contributed by atoms with Crippen molar-refractivity contribution in [1.82, 2.24) is 4.31 Å². The number of fused-ring (bicyclic) bond motifs is 2. The number of carbonyl (C=O) groups is 2. The van der Waals surface area contributed by atoms with Gasteiger partial charge < -0.3 is 10.6 Å². The summed E-state index contributed by atoms with van der Waals surface area (Å²) in [6.07, 6.45) is 0.838. The molecule has 0 spiro atoms. The summed E-state index contributed by atoms with van der Waals surface area (Å²) in [5, 5.41) is 0. The van der Waals surface area contributed by atoms with E-state index in [4.69, 9.17) is 5.73 Å². The fraction of sp³-hybridized carbons (Fsp3) is 0.333. The molecule has 0 bridgehead atoms. The van der Waals surface area contributed by atoms with Crippen LogP contribution in [0.2, 0.25) is 0 Å². The zero-order chi connectivity index (χ0) is 20.9. The summed E-state index contributed by atoms with van der Waals surface area (Å²) in [7, 11) is -3.95. The number of carbonyl (C=O) groups excluding carboxylic acids is 2. The third kappa shape index (κ3) is 3.22. The van der Waals surface area contributed by atoms with Crippen LogP contribution >= 0.6 is 0 Å². The van der Waals surface area contributed by atoms with Gasteiger partial charge in [-0.2, -0.15) is 4.31 Å². The largest absolute Gasteiger partial charge is 0.368 e. The Labute approximate surface area is 170 Å². The number of benzene rings is 2. The van der Waals surface area contributed by atoms with Gasteiger partial charge in [-0.25, -0.2) is 8.42 Å². The van der Waals surface area contributed by atoms with Crippen LogP contribution in [0.5, 0.6) is 0 Å². The summed E-state index contributed by atoms with van der Waals surface area (Å²) in [5.41, 5.74) is 8.90. The van der Waals surface area contributed by atoms with Gasteiger partial charge in [0.15, 0.2) is 0 Å². The van der Waals surface area contributed by atoms with Crippen LogP contribution in [0.3, 0.4) is 0 Å². The number of hydrogen-bond donors (Lipinski definition) is 1. The second kappa shape index (κ2) is 6.96. The fourth-order valence-corrected chi connectivity index (χ4v) is 6.00. The first-order chi connectivity index (χ1) is 13.7. The van der Waals surface area contributed by atoms with E-state index in [1.165, 1.54) is 17.3 Å². The molecule has 2 aromatic carbocycles. The van der Waals surface area contributed by atoms with Gasteiger partial charge in [-0.15, -0.1) is 0 Å². The highest BCUT2D eigenvalue weighted by molar-refractivity contribution is 7.89. The summed E-state index contributed by atoms with van der Waals surface area (Å²) in [4.78, 5) is 25.8. The summed E-state index contributed by atoms with van der Waals surface area (Å²) < 4.78 is 28.1. The molecule has 29 heavy (non-hydrogen) atoms. The minimum atomic E-state index is -3.95. The van der Waals surface area contributed by atoms with E-state index in [0.29, 0.717) is 6.42 Å². The molecule has 4 rings (SSSR count). The Hall–Kier alpha value is -2.71. The minimum absolute atomic E-state index is 0.0271. The number of hydrogen-bond acceptors (Lipinski definition) is 4. The average Bonchev–Trinajstić information content (AvgIpc) is 3.01. The summed E-state index contributed by atoms with van der Waals surface area (Å²) in [6, 6.07) is 11.3. The Morgan fingerprint density at radius 1 is 1.03 bits per heavy atom. The van der Waals surface area contributed by atoms with Crippen LogP contribution in [0, 0.1) is 0 Å². The predicted molar refractivity (Wildman–Crippen MR) is 109 cm³/mol. The highest BCUT2D eigenvalue weighted by atomic mass is 32.2. The molecule has 152 valence electrons. The number of rotatable bonds is 3. The molecule has 0 aromatic heterocycles. The van der Waals surface area contributed by atoms with Crippen molar-refractivity contribution in [3.8, 4) is 0 Å². The van der Waals surface area contributed by atoms with E-state index in [2.05, 4.69) is 0 Å². The zero-order valence-electron chi connectivity index (χ0n) is 16.3. The van der Waals surface area contributed by atoms with Crippen LogP contribution < -0.4 is 10.6 Å². The lowest BCUT2D eigenvalue weighted by Gasteiger charge is -2.34. The Morgan fingerprint density at radius 2 is 1.72 bits per heavy atom. The number of nitrogens with zero attached hydrogens (tertiary/aromatic N) is 2. The Balaban J connectivity index is 1.74. The third-order valence-electron chi connectivity index (χ3n) is 5.75. The molecule has 0 saturated carbocycles. The summed E-state index contributed by atoms with van der Waals surface area (Å²) in [6.45, 7) is 3.53. The van der Waals surface area contributed by atoms with Gasteiger partial charge in [0.2, 0.25) is 21.8 Å². The molecule has 2 aromatic rings. The van der Waals surface area contributed by atoms with Crippen LogP contribution in [0.4, 0.5) is 5.69 Å². The normalized spacial score (nSPS) is 21.5. The highest BCUT2D eigenvalue weighted by Gasteiger charge is 2.39. The lowest BCUT2D eigenvalue weighted by molar-refractivity contribution is -0.122. The van der Waals surface area contributed by atoms with Crippen molar-refractivity contribution in [3.63, 3.8) is 0 Å². The Bertz CT molecular complexity index is 1110. The maximum absolute atomic E-state index is 13.4. The number of amides is 2. The van der Waals surface area contributed by atoms with E-state index >= 15 is 0 Å². The van der Waals surface area contributed by atoms with Crippen molar-refractivity contribution in [3.05, 3.63) is 59.2 Å². The van der Waals surface area contributed by atoms with Crippen molar-refractivity contribution in [2.75, 3.05) is 4.90 Å². The van der Waals surface area contributed by atoms with Crippen LogP contribution in [-0.2, 0) is 39.0 Å². The molecular formula is C21H23N3O4S. The number of sulfonamides is 1. The highest BCUT2D eigenvalue weighted by Crippen LogP contribution is 2.36. The maximum Gasteiger partial charge on any atom is 0.244 e. The van der Waals surface area contributed by atoms with Gasteiger partial charge >= 0.3 is 0 Å². The smallest absolute Gasteiger partial charge is 0.244 e. The molecule has 0 radical (unpaired) electrons. The number of primary amides is 1. The molecule has 2 aliphatic heterocycles. The van der Waals surface area contributed by atoms with Crippen molar-refractivity contribution in [1.29, 1.82) is 0 Å². The van der Waals surface area contributed by atoms with Gasteiger partial charge in [-0.1, -0.05) is 24.3 Å². The van der Waals surface area contributed by atoms with Gasteiger partial charge in [0.05, 0.1) is 4.90 Å². The van der Waals surface area contributed by atoms with Gasteiger partial charge in [-0.3, -0.25) is 9.59 Å². The molecular weight excluding hydrogens is 390 g/mol. The standard InChI is InChI=1S/C21H23N3O4S/c1-13-9-17-10-18(7-8-19(17)24(13)14(2)25)29(27,28)23-12-16-6-4-3-5-15(16)11-20(23)21(22)26/h3-8,10,13,20H,9,11-12H2,1-2H3,(H2,22,26)/t13?,20-/m0/s1. The van der Waals surface area contributed by atoms with Gasteiger partial charge in [0.25, 0.3) is 0 Å². The Morgan fingerprint density at radius 3 is 2.38 bits per heavy atom. The van der Waals surface area contributed by atoms with Crippen LogP contribution in [-0.4, -0.2) is 36.6 Å². The van der Waals surface area contributed by atoms with Gasteiger partial charge in [0, 0.05) is 25.2 Å². The molecule has 2 heterocycles.